The number of anilines is 1. The monoisotopic (exact) mass is 345 g/mol. The van der Waals surface area contributed by atoms with E-state index in [1.54, 1.807) is 6.07 Å². The van der Waals surface area contributed by atoms with Gasteiger partial charge in [-0.3, -0.25) is 0 Å². The largest absolute Gasteiger partial charge is 0.397 e. The Labute approximate surface area is 133 Å². The standard InChI is InChI=1S/C14H12F5N5/c15-13(16)7-24(5-2-10(13)14(17,18)19)11-6-9(22-8-23-11)12-20-3-1-4-21-12/h1,3-4,6,8,10H,2,5,7H2. The van der Waals surface area contributed by atoms with Gasteiger partial charge in [0.15, 0.2) is 5.82 Å². The molecule has 0 aromatic carbocycles. The number of aromatic nitrogens is 4. The molecule has 2 aromatic rings. The lowest BCUT2D eigenvalue weighted by Crippen LogP contribution is -2.53. The van der Waals surface area contributed by atoms with E-state index < -0.39 is 31.0 Å². The molecule has 0 N–H and O–H groups in total. The second-order valence-electron chi connectivity index (χ2n) is 5.40. The van der Waals surface area contributed by atoms with E-state index in [0.29, 0.717) is 5.69 Å². The molecule has 1 saturated heterocycles. The summed E-state index contributed by atoms with van der Waals surface area (Å²) in [6.45, 7) is -1.23. The van der Waals surface area contributed by atoms with E-state index in [1.807, 2.05) is 0 Å². The van der Waals surface area contributed by atoms with Crippen molar-refractivity contribution in [3.63, 3.8) is 0 Å². The van der Waals surface area contributed by atoms with Crippen molar-refractivity contribution in [2.24, 2.45) is 5.92 Å². The molecule has 0 spiro atoms. The van der Waals surface area contributed by atoms with Crippen LogP contribution in [-0.2, 0) is 0 Å². The highest BCUT2D eigenvalue weighted by Crippen LogP contribution is 2.44. The van der Waals surface area contributed by atoms with Crippen LogP contribution in [0.3, 0.4) is 0 Å². The van der Waals surface area contributed by atoms with Crippen LogP contribution in [0.4, 0.5) is 27.8 Å². The molecule has 1 unspecified atom stereocenters. The van der Waals surface area contributed by atoms with Crippen molar-refractivity contribution in [2.45, 2.75) is 18.5 Å². The summed E-state index contributed by atoms with van der Waals surface area (Å²) >= 11 is 0. The average Bonchev–Trinajstić information content (AvgIpc) is 2.53. The van der Waals surface area contributed by atoms with Crippen LogP contribution in [-0.4, -0.2) is 45.1 Å². The molecular formula is C14H12F5N5. The Morgan fingerprint density at radius 3 is 2.42 bits per heavy atom. The molecule has 128 valence electrons. The van der Waals surface area contributed by atoms with Gasteiger partial charge in [-0.2, -0.15) is 13.2 Å². The van der Waals surface area contributed by atoms with Crippen molar-refractivity contribution in [3.8, 4) is 11.5 Å². The molecule has 0 aliphatic carbocycles. The SMILES string of the molecule is FC(F)(F)C1CCN(c2cc(-c3ncccn3)ncn2)CC1(F)F. The Morgan fingerprint density at radius 2 is 1.79 bits per heavy atom. The van der Waals surface area contributed by atoms with Gasteiger partial charge < -0.3 is 4.90 Å². The Kier molecular flexibility index (Phi) is 4.06. The summed E-state index contributed by atoms with van der Waals surface area (Å²) in [6.07, 6.45) is -1.49. The van der Waals surface area contributed by atoms with Gasteiger partial charge in [-0.15, -0.1) is 0 Å². The predicted molar refractivity (Wildman–Crippen MR) is 74.4 cm³/mol. The zero-order chi connectivity index (χ0) is 17.4. The van der Waals surface area contributed by atoms with E-state index in [1.165, 1.54) is 18.5 Å². The number of alkyl halides is 5. The van der Waals surface area contributed by atoms with E-state index in [9.17, 15) is 22.0 Å². The average molecular weight is 345 g/mol. The number of hydrogen-bond donors (Lipinski definition) is 0. The van der Waals surface area contributed by atoms with Crippen LogP contribution in [0.2, 0.25) is 0 Å². The van der Waals surface area contributed by atoms with Gasteiger partial charge in [0.25, 0.3) is 5.92 Å². The summed E-state index contributed by atoms with van der Waals surface area (Å²) in [7, 11) is 0. The van der Waals surface area contributed by atoms with E-state index in [-0.39, 0.29) is 18.2 Å². The number of nitrogens with zero attached hydrogens (tertiary/aromatic N) is 5. The molecule has 1 atom stereocenters. The Bertz CT molecular complexity index is 706. The third-order valence-electron chi connectivity index (χ3n) is 3.77. The van der Waals surface area contributed by atoms with Gasteiger partial charge in [0.1, 0.15) is 23.8 Å². The van der Waals surface area contributed by atoms with E-state index in [2.05, 4.69) is 19.9 Å². The first kappa shape index (κ1) is 16.5. The fourth-order valence-electron chi connectivity index (χ4n) is 2.61. The molecule has 10 heteroatoms. The van der Waals surface area contributed by atoms with Crippen LogP contribution < -0.4 is 4.90 Å². The molecule has 1 fully saturated rings. The first-order valence-corrected chi connectivity index (χ1v) is 7.06. The number of hydrogen-bond acceptors (Lipinski definition) is 5. The molecule has 2 aromatic heterocycles. The van der Waals surface area contributed by atoms with Crippen LogP contribution in [0.25, 0.3) is 11.5 Å². The Balaban J connectivity index is 1.84. The molecule has 3 rings (SSSR count). The lowest BCUT2D eigenvalue weighted by molar-refractivity contribution is -0.243. The molecule has 0 bridgehead atoms. The van der Waals surface area contributed by atoms with Gasteiger partial charge in [0.05, 0.1) is 6.54 Å². The number of halogens is 5. The minimum absolute atomic E-state index is 0.118. The second-order valence-corrected chi connectivity index (χ2v) is 5.40. The topological polar surface area (TPSA) is 54.8 Å². The zero-order valence-corrected chi connectivity index (χ0v) is 12.2. The highest BCUT2D eigenvalue weighted by atomic mass is 19.4. The van der Waals surface area contributed by atoms with Crippen molar-refractivity contribution >= 4 is 5.82 Å². The van der Waals surface area contributed by atoms with Gasteiger partial charge in [-0.05, 0) is 12.5 Å². The number of piperidine rings is 1. The van der Waals surface area contributed by atoms with Gasteiger partial charge in [0, 0.05) is 25.0 Å². The maximum atomic E-state index is 13.9. The second kappa shape index (κ2) is 5.91. The summed E-state index contributed by atoms with van der Waals surface area (Å²) in [4.78, 5) is 17.0. The van der Waals surface area contributed by atoms with Crippen LogP contribution in [0.5, 0.6) is 0 Å². The number of rotatable bonds is 2. The first-order valence-electron chi connectivity index (χ1n) is 7.06. The van der Waals surface area contributed by atoms with E-state index in [4.69, 9.17) is 0 Å². The molecule has 0 radical (unpaired) electrons. The van der Waals surface area contributed by atoms with Gasteiger partial charge in [0.2, 0.25) is 0 Å². The minimum atomic E-state index is -4.93. The molecule has 0 amide bonds. The third-order valence-corrected chi connectivity index (χ3v) is 3.77. The maximum Gasteiger partial charge on any atom is 0.397 e. The van der Waals surface area contributed by atoms with Crippen LogP contribution in [0.1, 0.15) is 6.42 Å². The van der Waals surface area contributed by atoms with Crippen molar-refractivity contribution in [1.82, 2.24) is 19.9 Å². The van der Waals surface area contributed by atoms with Crippen molar-refractivity contribution < 1.29 is 22.0 Å². The van der Waals surface area contributed by atoms with Crippen LogP contribution in [0, 0.1) is 5.92 Å². The molecule has 3 heterocycles. The summed E-state index contributed by atoms with van der Waals surface area (Å²) in [5.74, 6) is -6.13. The lowest BCUT2D eigenvalue weighted by Gasteiger charge is -2.39. The smallest absolute Gasteiger partial charge is 0.350 e. The van der Waals surface area contributed by atoms with Gasteiger partial charge >= 0.3 is 6.18 Å². The molecule has 5 nitrogen and oxygen atoms in total. The molecule has 24 heavy (non-hydrogen) atoms. The molecular weight excluding hydrogens is 333 g/mol. The predicted octanol–water partition coefficient (Wildman–Crippen LogP) is 2.96. The summed E-state index contributed by atoms with van der Waals surface area (Å²) in [5, 5.41) is 0. The van der Waals surface area contributed by atoms with E-state index in [0.717, 1.165) is 11.2 Å². The fourth-order valence-corrected chi connectivity index (χ4v) is 2.61. The summed E-state index contributed by atoms with van der Waals surface area (Å²) in [6, 6.07) is 2.99. The van der Waals surface area contributed by atoms with E-state index >= 15 is 0 Å². The van der Waals surface area contributed by atoms with Crippen molar-refractivity contribution in [1.29, 1.82) is 0 Å². The molecule has 1 aliphatic rings. The maximum absolute atomic E-state index is 13.9. The summed E-state index contributed by atoms with van der Waals surface area (Å²) in [5.41, 5.74) is 0.307. The third kappa shape index (κ3) is 3.26. The Morgan fingerprint density at radius 1 is 1.08 bits per heavy atom. The highest BCUT2D eigenvalue weighted by molar-refractivity contribution is 5.55. The molecule has 0 saturated carbocycles. The van der Waals surface area contributed by atoms with Gasteiger partial charge in [-0.1, -0.05) is 0 Å². The normalized spacial score (nSPS) is 20.9. The van der Waals surface area contributed by atoms with Crippen LogP contribution in [0.15, 0.2) is 30.9 Å². The zero-order valence-electron chi connectivity index (χ0n) is 12.2. The molecule has 1 aliphatic heterocycles. The van der Waals surface area contributed by atoms with Gasteiger partial charge in [-0.25, -0.2) is 28.7 Å². The fraction of sp³-hybridized carbons (Fsp3) is 0.429. The van der Waals surface area contributed by atoms with Crippen molar-refractivity contribution in [2.75, 3.05) is 18.0 Å². The quantitative estimate of drug-likeness (QED) is 0.784. The Hall–Kier alpha value is -2.39. The summed E-state index contributed by atoms with van der Waals surface area (Å²) < 4.78 is 65.9. The van der Waals surface area contributed by atoms with Crippen molar-refractivity contribution in [3.05, 3.63) is 30.9 Å². The minimum Gasteiger partial charge on any atom is -0.350 e. The lowest BCUT2D eigenvalue weighted by atomic mass is 9.92. The highest BCUT2D eigenvalue weighted by Gasteiger charge is 2.57. The van der Waals surface area contributed by atoms with Crippen LogP contribution >= 0.6 is 0 Å². The first-order chi connectivity index (χ1) is 11.3.